The van der Waals surface area contributed by atoms with Crippen LogP contribution in [-0.2, 0) is 19.2 Å². The highest BCUT2D eigenvalue weighted by atomic mass is 16.4. The van der Waals surface area contributed by atoms with Crippen molar-refractivity contribution in [3.63, 3.8) is 0 Å². The number of carboxylic acids is 1. The van der Waals surface area contributed by atoms with Crippen LogP contribution in [0.5, 0.6) is 0 Å². The molecule has 0 aromatic carbocycles. The Kier molecular flexibility index (Phi) is 8.39. The second-order valence-corrected chi connectivity index (χ2v) is 7.84. The fourth-order valence-corrected chi connectivity index (χ4v) is 4.00. The molecule has 0 aromatic rings. The molecule has 0 bridgehead atoms. The molecular formula is C19H33N5O5. The molecule has 2 rings (SSSR count). The zero-order chi connectivity index (χ0) is 21.6. The summed E-state index contributed by atoms with van der Waals surface area (Å²) in [5.41, 5.74) is 11.5. The van der Waals surface area contributed by atoms with E-state index in [9.17, 15) is 19.2 Å². The number of hydrogen-bond donors (Lipinski definition) is 4. The molecule has 29 heavy (non-hydrogen) atoms. The third kappa shape index (κ3) is 5.66. The van der Waals surface area contributed by atoms with E-state index in [-0.39, 0.29) is 11.8 Å². The van der Waals surface area contributed by atoms with E-state index in [4.69, 9.17) is 16.6 Å². The molecule has 10 heteroatoms. The van der Waals surface area contributed by atoms with Crippen molar-refractivity contribution in [1.82, 2.24) is 15.1 Å². The van der Waals surface area contributed by atoms with Crippen molar-refractivity contribution in [3.05, 3.63) is 0 Å². The fraction of sp³-hybridized carbons (Fsp3) is 0.789. The normalized spacial score (nSPS) is 23.7. The molecule has 2 heterocycles. The van der Waals surface area contributed by atoms with Gasteiger partial charge in [-0.15, -0.1) is 0 Å². The summed E-state index contributed by atoms with van der Waals surface area (Å²) < 4.78 is 0. The predicted molar refractivity (Wildman–Crippen MR) is 106 cm³/mol. The second-order valence-electron chi connectivity index (χ2n) is 7.84. The number of carbonyl (C=O) groups excluding carboxylic acids is 3. The van der Waals surface area contributed by atoms with E-state index in [2.05, 4.69) is 5.32 Å². The van der Waals surface area contributed by atoms with E-state index in [1.807, 2.05) is 0 Å². The van der Waals surface area contributed by atoms with Crippen LogP contribution in [0.3, 0.4) is 0 Å². The van der Waals surface area contributed by atoms with Crippen LogP contribution in [0.1, 0.15) is 51.9 Å². The Labute approximate surface area is 170 Å². The van der Waals surface area contributed by atoms with Gasteiger partial charge in [0.1, 0.15) is 18.1 Å². The van der Waals surface area contributed by atoms with Crippen molar-refractivity contribution in [2.75, 3.05) is 19.6 Å². The average Bonchev–Trinajstić information content (AvgIpc) is 3.36. The molecule has 6 N–H and O–H groups in total. The maximum atomic E-state index is 13.2. The highest BCUT2D eigenvalue weighted by Crippen LogP contribution is 2.26. The monoisotopic (exact) mass is 411 g/mol. The summed E-state index contributed by atoms with van der Waals surface area (Å²) in [7, 11) is 0. The topological polar surface area (TPSA) is 159 Å². The summed E-state index contributed by atoms with van der Waals surface area (Å²) in [4.78, 5) is 52.4. The summed E-state index contributed by atoms with van der Waals surface area (Å²) in [5.74, 6) is -2.10. The van der Waals surface area contributed by atoms with Gasteiger partial charge in [0.15, 0.2) is 0 Å². The number of amides is 3. The van der Waals surface area contributed by atoms with Crippen molar-refractivity contribution in [2.45, 2.75) is 76.0 Å². The minimum Gasteiger partial charge on any atom is -0.480 e. The van der Waals surface area contributed by atoms with E-state index < -0.39 is 36.0 Å². The molecule has 0 saturated carbocycles. The highest BCUT2D eigenvalue weighted by molar-refractivity contribution is 5.94. The van der Waals surface area contributed by atoms with Gasteiger partial charge >= 0.3 is 5.97 Å². The number of aliphatic carboxylic acids is 1. The number of unbranched alkanes of at least 4 members (excludes halogenated alkanes) is 1. The molecule has 2 aliphatic rings. The van der Waals surface area contributed by atoms with Crippen molar-refractivity contribution < 1.29 is 24.3 Å². The number of hydrogen-bond acceptors (Lipinski definition) is 6. The van der Waals surface area contributed by atoms with Gasteiger partial charge in [0, 0.05) is 13.1 Å². The van der Waals surface area contributed by atoms with Gasteiger partial charge in [0.2, 0.25) is 17.7 Å². The molecule has 2 aliphatic heterocycles. The second kappa shape index (κ2) is 10.5. The van der Waals surface area contributed by atoms with E-state index in [0.717, 1.165) is 12.8 Å². The van der Waals surface area contributed by atoms with E-state index in [0.29, 0.717) is 51.7 Å². The summed E-state index contributed by atoms with van der Waals surface area (Å²) in [6, 6.07) is -3.02. The van der Waals surface area contributed by atoms with Gasteiger partial charge in [-0.2, -0.15) is 0 Å². The lowest BCUT2D eigenvalue weighted by molar-refractivity contribution is -0.148. The maximum absolute atomic E-state index is 13.2. The molecule has 10 nitrogen and oxygen atoms in total. The minimum absolute atomic E-state index is 0.238. The predicted octanol–water partition coefficient (Wildman–Crippen LogP) is -0.986. The molecular weight excluding hydrogens is 378 g/mol. The zero-order valence-electron chi connectivity index (χ0n) is 17.0. The fourth-order valence-electron chi connectivity index (χ4n) is 4.00. The Balaban J connectivity index is 2.02. The van der Waals surface area contributed by atoms with Crippen LogP contribution >= 0.6 is 0 Å². The highest BCUT2D eigenvalue weighted by Gasteiger charge is 2.43. The quantitative estimate of drug-likeness (QED) is 0.355. The summed E-state index contributed by atoms with van der Waals surface area (Å²) >= 11 is 0. The number of nitrogens with zero attached hydrogens (tertiary/aromatic N) is 2. The lowest BCUT2D eigenvalue weighted by Gasteiger charge is -2.32. The third-order valence-electron chi connectivity index (χ3n) is 5.68. The molecule has 0 radical (unpaired) electrons. The van der Waals surface area contributed by atoms with Gasteiger partial charge in [-0.25, -0.2) is 0 Å². The van der Waals surface area contributed by atoms with Gasteiger partial charge in [-0.05, 0) is 52.0 Å². The molecule has 4 atom stereocenters. The number of nitrogens with two attached hydrogens (primary N) is 2. The van der Waals surface area contributed by atoms with Crippen LogP contribution in [0.15, 0.2) is 0 Å². The summed E-state index contributed by atoms with van der Waals surface area (Å²) in [6.07, 6.45) is 4.45. The Morgan fingerprint density at radius 3 is 2.31 bits per heavy atom. The lowest BCUT2D eigenvalue weighted by Crippen LogP contribution is -2.56. The third-order valence-corrected chi connectivity index (χ3v) is 5.68. The van der Waals surface area contributed by atoms with Crippen LogP contribution in [0.2, 0.25) is 0 Å². The van der Waals surface area contributed by atoms with Crippen molar-refractivity contribution in [2.24, 2.45) is 11.5 Å². The Hall–Kier alpha value is -2.20. The van der Waals surface area contributed by atoms with E-state index in [1.54, 1.807) is 4.90 Å². The first-order valence-corrected chi connectivity index (χ1v) is 10.4. The molecule has 4 unspecified atom stereocenters. The Morgan fingerprint density at radius 2 is 1.69 bits per heavy atom. The van der Waals surface area contributed by atoms with Crippen LogP contribution in [0.4, 0.5) is 0 Å². The largest absolute Gasteiger partial charge is 0.480 e. The lowest BCUT2D eigenvalue weighted by atomic mass is 10.1. The van der Waals surface area contributed by atoms with Crippen molar-refractivity contribution >= 4 is 23.7 Å². The standard InChI is InChI=1S/C19H33N5O5/c1-12(19(28)29)22-16(25)14-7-4-10-23(14)18(27)15-8-5-11-24(15)17(26)13(21)6-2-3-9-20/h12-15H,2-11,20-21H2,1H3,(H,22,25)(H,28,29). The Bertz CT molecular complexity index is 628. The van der Waals surface area contributed by atoms with Crippen molar-refractivity contribution in [1.29, 1.82) is 0 Å². The molecule has 0 aromatic heterocycles. The van der Waals surface area contributed by atoms with Gasteiger partial charge in [0.05, 0.1) is 6.04 Å². The SMILES string of the molecule is CC(NC(=O)C1CCCN1C(=O)C1CCCN1C(=O)C(N)CCCCN)C(=O)O. The Morgan fingerprint density at radius 1 is 1.07 bits per heavy atom. The zero-order valence-corrected chi connectivity index (χ0v) is 17.0. The maximum Gasteiger partial charge on any atom is 0.325 e. The number of carboxylic acid groups (broad SMARTS) is 1. The van der Waals surface area contributed by atoms with Crippen LogP contribution < -0.4 is 16.8 Å². The van der Waals surface area contributed by atoms with Crippen LogP contribution in [0.25, 0.3) is 0 Å². The number of rotatable bonds is 9. The van der Waals surface area contributed by atoms with Gasteiger partial charge in [-0.1, -0.05) is 6.42 Å². The molecule has 0 aliphatic carbocycles. The number of carbonyl (C=O) groups is 4. The van der Waals surface area contributed by atoms with Gasteiger partial charge < -0.3 is 31.7 Å². The minimum atomic E-state index is -1.13. The van der Waals surface area contributed by atoms with Crippen LogP contribution in [-0.4, -0.2) is 82.4 Å². The number of nitrogens with one attached hydrogen (secondary N) is 1. The van der Waals surface area contributed by atoms with Gasteiger partial charge in [0.25, 0.3) is 0 Å². The van der Waals surface area contributed by atoms with Crippen molar-refractivity contribution in [3.8, 4) is 0 Å². The first-order valence-electron chi connectivity index (χ1n) is 10.4. The molecule has 2 saturated heterocycles. The summed E-state index contributed by atoms with van der Waals surface area (Å²) in [5, 5.41) is 11.4. The molecule has 0 spiro atoms. The van der Waals surface area contributed by atoms with Crippen LogP contribution in [0, 0.1) is 0 Å². The number of likely N-dealkylation sites (tertiary alicyclic amines) is 2. The first-order chi connectivity index (χ1) is 13.8. The smallest absolute Gasteiger partial charge is 0.325 e. The summed E-state index contributed by atoms with van der Waals surface area (Å²) in [6.45, 7) is 2.81. The first kappa shape index (κ1) is 23.1. The molecule has 3 amide bonds. The van der Waals surface area contributed by atoms with Gasteiger partial charge in [-0.3, -0.25) is 19.2 Å². The average molecular weight is 412 g/mol. The molecule has 2 fully saturated rings. The van der Waals surface area contributed by atoms with E-state index in [1.165, 1.54) is 11.8 Å². The molecule has 164 valence electrons. The van der Waals surface area contributed by atoms with E-state index >= 15 is 0 Å².